The van der Waals surface area contributed by atoms with Crippen molar-refractivity contribution in [2.75, 3.05) is 0 Å². The first-order valence-electron chi connectivity index (χ1n) is 6.41. The van der Waals surface area contributed by atoms with Crippen molar-refractivity contribution >= 4 is 21.1 Å². The number of hydroxylamine groups is 2. The Morgan fingerprint density at radius 3 is 1.74 bits per heavy atom. The van der Waals surface area contributed by atoms with E-state index in [2.05, 4.69) is 23.1 Å². The number of carbonyl (C=O) groups is 2. The molecule has 0 saturated carbocycles. The maximum atomic E-state index is 11.1. The number of carbonyl (C=O) groups excluding carboxylic acids is 2. The molecule has 0 spiro atoms. The van der Waals surface area contributed by atoms with Gasteiger partial charge in [0.25, 0.3) is 11.8 Å². The van der Waals surface area contributed by atoms with Gasteiger partial charge in [-0.15, -0.1) is 14.3 Å². The lowest BCUT2D eigenvalue weighted by Crippen LogP contribution is -2.25. The third-order valence-electron chi connectivity index (χ3n) is 2.42. The second kappa shape index (κ2) is 8.78. The van der Waals surface area contributed by atoms with Crippen LogP contribution in [0.15, 0.2) is 24.3 Å². The summed E-state index contributed by atoms with van der Waals surface area (Å²) >= 11 is 0. The predicted octanol–water partition coefficient (Wildman–Crippen LogP) is 3.36. The monoisotopic (exact) mass is 283 g/mol. The van der Waals surface area contributed by atoms with Gasteiger partial charge in [0, 0.05) is 0 Å². The van der Waals surface area contributed by atoms with Crippen LogP contribution in [0.2, 0.25) is 0 Å². The molecule has 4 nitrogen and oxygen atoms in total. The van der Waals surface area contributed by atoms with Gasteiger partial charge in [-0.3, -0.25) is 14.8 Å². The van der Waals surface area contributed by atoms with E-state index in [0.717, 1.165) is 5.66 Å². The number of rotatable bonds is 1. The molecule has 1 N–H and O–H groups in total. The molecule has 0 aliphatic carbocycles. The van der Waals surface area contributed by atoms with E-state index < -0.39 is 11.8 Å². The number of hydrogen-bond donors (Lipinski definition) is 1. The van der Waals surface area contributed by atoms with Crippen LogP contribution in [0.1, 0.15) is 54.8 Å². The summed E-state index contributed by atoms with van der Waals surface area (Å²) < 4.78 is 0. The van der Waals surface area contributed by atoms with Crippen LogP contribution in [0, 0.1) is 0 Å². The average molecular weight is 283 g/mol. The molecular formula is C14H22NO3P. The molecular weight excluding hydrogens is 261 g/mol. The Hall–Kier alpha value is -1.25. The Morgan fingerprint density at radius 2 is 1.47 bits per heavy atom. The number of amides is 2. The van der Waals surface area contributed by atoms with E-state index >= 15 is 0 Å². The van der Waals surface area contributed by atoms with Crippen LogP contribution in [0.3, 0.4) is 0 Å². The zero-order valence-electron chi connectivity index (χ0n) is 11.9. The van der Waals surface area contributed by atoms with Crippen LogP contribution >= 0.6 is 9.24 Å². The first-order valence-corrected chi connectivity index (χ1v) is 7.08. The zero-order valence-corrected chi connectivity index (χ0v) is 13.0. The van der Waals surface area contributed by atoms with Gasteiger partial charge < -0.3 is 0 Å². The minimum absolute atomic E-state index is 0.130. The molecule has 106 valence electrons. The lowest BCUT2D eigenvalue weighted by molar-refractivity contribution is -0.0327. The molecule has 0 fully saturated rings. The van der Waals surface area contributed by atoms with Gasteiger partial charge in [-0.2, -0.15) is 0 Å². The van der Waals surface area contributed by atoms with E-state index in [1.165, 1.54) is 18.6 Å². The smallest absolute Gasteiger partial charge is 0.278 e. The fraction of sp³-hybridized carbons (Fsp3) is 0.429. The molecule has 19 heavy (non-hydrogen) atoms. The van der Waals surface area contributed by atoms with Crippen molar-refractivity contribution in [2.45, 2.75) is 39.8 Å². The number of nitrogens with zero attached hydrogens (tertiary/aromatic N) is 1. The number of hydrogen-bond acceptors (Lipinski definition) is 3. The number of imide groups is 1. The minimum Gasteiger partial charge on any atom is -0.278 e. The predicted molar refractivity (Wildman–Crippen MR) is 79.5 cm³/mol. The highest BCUT2D eigenvalue weighted by Gasteiger charge is 2.33. The van der Waals surface area contributed by atoms with E-state index in [-0.39, 0.29) is 16.2 Å². The summed E-state index contributed by atoms with van der Waals surface area (Å²) in [5.41, 5.74) is 1.31. The van der Waals surface area contributed by atoms with Crippen molar-refractivity contribution < 1.29 is 14.8 Å². The normalized spacial score (nSPS) is 13.9. The Bertz CT molecular complexity index is 397. The van der Waals surface area contributed by atoms with Crippen LogP contribution in [0.25, 0.3) is 0 Å². The lowest BCUT2D eigenvalue weighted by atomic mass is 10.1. The molecule has 2 atom stereocenters. The quantitative estimate of drug-likeness (QED) is 0.488. The van der Waals surface area contributed by atoms with E-state index in [1.54, 1.807) is 12.1 Å². The molecule has 0 aromatic heterocycles. The highest BCUT2D eigenvalue weighted by molar-refractivity contribution is 7.17. The third-order valence-corrected chi connectivity index (χ3v) is 2.89. The van der Waals surface area contributed by atoms with Crippen LogP contribution in [-0.4, -0.2) is 27.7 Å². The summed E-state index contributed by atoms with van der Waals surface area (Å²) in [6.07, 6.45) is 1.27. The fourth-order valence-electron chi connectivity index (χ4n) is 1.18. The topological polar surface area (TPSA) is 57.6 Å². The van der Waals surface area contributed by atoms with Gasteiger partial charge >= 0.3 is 0 Å². The molecule has 2 amide bonds. The van der Waals surface area contributed by atoms with Gasteiger partial charge in [-0.25, -0.2) is 0 Å². The van der Waals surface area contributed by atoms with E-state index in [4.69, 9.17) is 5.21 Å². The van der Waals surface area contributed by atoms with Crippen molar-refractivity contribution in [1.29, 1.82) is 0 Å². The maximum Gasteiger partial charge on any atom is 0.285 e. The molecule has 5 heteroatoms. The summed E-state index contributed by atoms with van der Waals surface area (Å²) in [6, 6.07) is 6.30. The summed E-state index contributed by atoms with van der Waals surface area (Å²) in [5.74, 6) is -1.31. The zero-order chi connectivity index (χ0) is 15.0. The molecule has 1 aromatic carbocycles. The Morgan fingerprint density at radius 1 is 1.16 bits per heavy atom. The molecule has 1 heterocycles. The van der Waals surface area contributed by atoms with Gasteiger partial charge in [0.15, 0.2) is 0 Å². The van der Waals surface area contributed by atoms with E-state index in [0.29, 0.717) is 0 Å². The highest BCUT2D eigenvalue weighted by Crippen LogP contribution is 2.19. The SMILES string of the molecule is CC.CCC(C)P.O=C1c2ccccc2C(=O)N1O. The summed E-state index contributed by atoms with van der Waals surface area (Å²) in [5, 5.41) is 9.05. The maximum absolute atomic E-state index is 11.1. The molecule has 1 aliphatic heterocycles. The summed E-state index contributed by atoms with van der Waals surface area (Å²) in [6.45, 7) is 8.36. The van der Waals surface area contributed by atoms with Gasteiger partial charge in [-0.05, 0) is 17.8 Å². The molecule has 2 unspecified atom stereocenters. The van der Waals surface area contributed by atoms with E-state index in [1.807, 2.05) is 13.8 Å². The van der Waals surface area contributed by atoms with Crippen molar-refractivity contribution in [3.05, 3.63) is 35.4 Å². The second-order valence-corrected chi connectivity index (χ2v) is 4.99. The van der Waals surface area contributed by atoms with Crippen molar-refractivity contribution in [3.63, 3.8) is 0 Å². The minimum atomic E-state index is -0.657. The molecule has 0 saturated heterocycles. The van der Waals surface area contributed by atoms with Crippen LogP contribution < -0.4 is 0 Å². The van der Waals surface area contributed by atoms with Gasteiger partial charge in [0.05, 0.1) is 11.1 Å². The van der Waals surface area contributed by atoms with Crippen LogP contribution in [-0.2, 0) is 0 Å². The Kier molecular flexibility index (Phi) is 8.21. The standard InChI is InChI=1S/C8H5NO3.C4H11P.C2H6/c10-7-5-3-1-2-4-6(5)8(11)9(7)12;1-3-4(2)5;1-2/h1-4,12H;4H,3,5H2,1-2H3;1-2H3. The van der Waals surface area contributed by atoms with Crippen molar-refractivity contribution in [2.24, 2.45) is 0 Å². The average Bonchev–Trinajstić information content (AvgIpc) is 2.67. The van der Waals surface area contributed by atoms with Gasteiger partial charge in [-0.1, -0.05) is 46.2 Å². The van der Waals surface area contributed by atoms with Crippen molar-refractivity contribution in [3.8, 4) is 0 Å². The van der Waals surface area contributed by atoms with Gasteiger partial charge in [0.2, 0.25) is 0 Å². The lowest BCUT2D eigenvalue weighted by Gasteiger charge is -1.99. The first-order chi connectivity index (χ1) is 8.99. The summed E-state index contributed by atoms with van der Waals surface area (Å²) in [7, 11) is 2.73. The van der Waals surface area contributed by atoms with Crippen LogP contribution in [0.5, 0.6) is 0 Å². The number of fused-ring (bicyclic) bond motifs is 1. The Labute approximate surface area is 117 Å². The molecule has 2 rings (SSSR count). The van der Waals surface area contributed by atoms with Gasteiger partial charge in [0.1, 0.15) is 0 Å². The fourth-order valence-corrected chi connectivity index (χ4v) is 1.18. The molecule has 0 radical (unpaired) electrons. The van der Waals surface area contributed by atoms with E-state index in [9.17, 15) is 9.59 Å². The number of benzene rings is 1. The third kappa shape index (κ3) is 4.73. The Balaban J connectivity index is 0.000000396. The second-order valence-electron chi connectivity index (χ2n) is 3.85. The highest BCUT2D eigenvalue weighted by atomic mass is 31.0. The molecule has 1 aliphatic rings. The summed E-state index contributed by atoms with van der Waals surface area (Å²) in [4.78, 5) is 22.1. The van der Waals surface area contributed by atoms with Crippen LogP contribution in [0.4, 0.5) is 0 Å². The largest absolute Gasteiger partial charge is 0.285 e. The van der Waals surface area contributed by atoms with Crippen molar-refractivity contribution in [1.82, 2.24) is 5.06 Å². The molecule has 1 aromatic rings. The first kappa shape index (κ1) is 17.8. The molecule has 0 bridgehead atoms.